The van der Waals surface area contributed by atoms with Crippen LogP contribution in [0, 0.1) is 11.3 Å². The van der Waals surface area contributed by atoms with Gasteiger partial charge in [-0.3, -0.25) is 4.79 Å². The SMILES string of the molecule is CC(C)(C)OC(=O)N1CCC2(CC1)CC(=O)NCC2CN. The molecule has 2 amide bonds. The number of hydrogen-bond acceptors (Lipinski definition) is 4. The van der Waals surface area contributed by atoms with Crippen molar-refractivity contribution in [2.24, 2.45) is 17.1 Å². The predicted molar refractivity (Wildman–Crippen MR) is 79.6 cm³/mol. The second-order valence-corrected chi connectivity index (χ2v) is 7.24. The minimum atomic E-state index is -0.475. The van der Waals surface area contributed by atoms with Crippen LogP contribution in [0.4, 0.5) is 4.79 Å². The van der Waals surface area contributed by atoms with E-state index in [0.717, 1.165) is 12.8 Å². The Morgan fingerprint density at radius 1 is 1.43 bits per heavy atom. The summed E-state index contributed by atoms with van der Waals surface area (Å²) in [6.07, 6.45) is 1.90. The van der Waals surface area contributed by atoms with Crippen molar-refractivity contribution >= 4 is 12.0 Å². The minimum absolute atomic E-state index is 0.0460. The Balaban J connectivity index is 1.98. The van der Waals surface area contributed by atoms with Gasteiger partial charge in [-0.2, -0.15) is 0 Å². The molecule has 1 atom stereocenters. The molecular formula is C15H27N3O3. The third-order valence-corrected chi connectivity index (χ3v) is 4.62. The van der Waals surface area contributed by atoms with E-state index < -0.39 is 5.60 Å². The van der Waals surface area contributed by atoms with E-state index in [2.05, 4.69) is 5.32 Å². The van der Waals surface area contributed by atoms with Gasteiger partial charge in [0.1, 0.15) is 5.60 Å². The first-order valence-electron chi connectivity index (χ1n) is 7.70. The highest BCUT2D eigenvalue weighted by molar-refractivity contribution is 5.77. The maximum absolute atomic E-state index is 12.1. The summed E-state index contributed by atoms with van der Waals surface area (Å²) in [6, 6.07) is 0. The number of piperidine rings is 2. The quantitative estimate of drug-likeness (QED) is 0.759. The topological polar surface area (TPSA) is 84.7 Å². The first-order valence-corrected chi connectivity index (χ1v) is 7.70. The third kappa shape index (κ3) is 3.67. The van der Waals surface area contributed by atoms with Gasteiger partial charge in [-0.15, -0.1) is 0 Å². The van der Waals surface area contributed by atoms with Crippen molar-refractivity contribution in [2.75, 3.05) is 26.2 Å². The van der Waals surface area contributed by atoms with Crippen molar-refractivity contribution in [1.29, 1.82) is 0 Å². The molecule has 0 bridgehead atoms. The molecule has 2 saturated heterocycles. The maximum Gasteiger partial charge on any atom is 0.410 e. The molecule has 120 valence electrons. The van der Waals surface area contributed by atoms with Crippen LogP contribution in [-0.2, 0) is 9.53 Å². The summed E-state index contributed by atoms with van der Waals surface area (Å²) in [6.45, 7) is 8.11. The summed E-state index contributed by atoms with van der Waals surface area (Å²) < 4.78 is 5.41. The second-order valence-electron chi connectivity index (χ2n) is 7.24. The molecule has 0 aromatic carbocycles. The first-order chi connectivity index (χ1) is 9.76. The molecule has 2 aliphatic rings. The molecule has 0 aromatic rings. The highest BCUT2D eigenvalue weighted by atomic mass is 16.6. The van der Waals surface area contributed by atoms with Crippen LogP contribution in [-0.4, -0.2) is 48.7 Å². The van der Waals surface area contributed by atoms with Crippen LogP contribution in [0.5, 0.6) is 0 Å². The Morgan fingerprint density at radius 2 is 2.05 bits per heavy atom. The average molecular weight is 297 g/mol. The van der Waals surface area contributed by atoms with Crippen molar-refractivity contribution < 1.29 is 14.3 Å². The van der Waals surface area contributed by atoms with Crippen LogP contribution in [0.2, 0.25) is 0 Å². The molecule has 1 unspecified atom stereocenters. The van der Waals surface area contributed by atoms with Crippen LogP contribution < -0.4 is 11.1 Å². The number of ether oxygens (including phenoxy) is 1. The molecule has 21 heavy (non-hydrogen) atoms. The van der Waals surface area contributed by atoms with Gasteiger partial charge in [-0.1, -0.05) is 0 Å². The molecule has 6 heteroatoms. The number of carbonyl (C=O) groups excluding carboxylic acids is 2. The van der Waals surface area contributed by atoms with Crippen molar-refractivity contribution in [1.82, 2.24) is 10.2 Å². The molecule has 2 rings (SSSR count). The molecule has 0 radical (unpaired) electrons. The number of rotatable bonds is 1. The highest BCUT2D eigenvalue weighted by Crippen LogP contribution is 2.43. The molecule has 6 nitrogen and oxygen atoms in total. The summed E-state index contributed by atoms with van der Waals surface area (Å²) >= 11 is 0. The zero-order valence-electron chi connectivity index (χ0n) is 13.3. The number of likely N-dealkylation sites (tertiary alicyclic amines) is 1. The molecule has 2 heterocycles. The highest BCUT2D eigenvalue weighted by Gasteiger charge is 2.45. The van der Waals surface area contributed by atoms with Gasteiger partial charge < -0.3 is 20.7 Å². The lowest BCUT2D eigenvalue weighted by atomic mass is 9.64. The Bertz CT molecular complexity index is 409. The Morgan fingerprint density at radius 3 is 2.57 bits per heavy atom. The third-order valence-electron chi connectivity index (χ3n) is 4.62. The monoisotopic (exact) mass is 297 g/mol. The summed E-state index contributed by atoms with van der Waals surface area (Å²) in [5.41, 5.74) is 5.35. The summed E-state index contributed by atoms with van der Waals surface area (Å²) in [5, 5.41) is 2.90. The molecule has 0 aromatic heterocycles. The van der Waals surface area contributed by atoms with E-state index in [9.17, 15) is 9.59 Å². The first kappa shape index (κ1) is 16.1. The molecule has 0 saturated carbocycles. The van der Waals surface area contributed by atoms with E-state index in [1.54, 1.807) is 4.90 Å². The van der Waals surface area contributed by atoms with Gasteiger partial charge in [0.2, 0.25) is 5.91 Å². The number of hydrogen-bond donors (Lipinski definition) is 2. The molecule has 2 aliphatic heterocycles. The van der Waals surface area contributed by atoms with Crippen LogP contribution in [0.25, 0.3) is 0 Å². The van der Waals surface area contributed by atoms with E-state index in [4.69, 9.17) is 10.5 Å². The maximum atomic E-state index is 12.1. The molecule has 1 spiro atoms. The summed E-state index contributed by atoms with van der Waals surface area (Å²) in [7, 11) is 0. The van der Waals surface area contributed by atoms with Crippen molar-refractivity contribution in [2.45, 2.75) is 45.6 Å². The fraction of sp³-hybridized carbons (Fsp3) is 0.867. The molecule has 3 N–H and O–H groups in total. The minimum Gasteiger partial charge on any atom is -0.444 e. The van der Waals surface area contributed by atoms with E-state index in [-0.39, 0.29) is 17.4 Å². The van der Waals surface area contributed by atoms with Gasteiger partial charge >= 0.3 is 6.09 Å². The molecule has 2 fully saturated rings. The molecular weight excluding hydrogens is 270 g/mol. The number of nitrogens with one attached hydrogen (secondary N) is 1. The Kier molecular flexibility index (Phi) is 4.46. The van der Waals surface area contributed by atoms with Crippen LogP contribution in [0.1, 0.15) is 40.0 Å². The zero-order valence-corrected chi connectivity index (χ0v) is 13.3. The van der Waals surface area contributed by atoms with E-state index in [0.29, 0.717) is 38.5 Å². The van der Waals surface area contributed by atoms with Gasteiger partial charge in [0.05, 0.1) is 0 Å². The fourth-order valence-electron chi connectivity index (χ4n) is 3.36. The number of carbonyl (C=O) groups is 2. The Labute approximate surface area is 126 Å². The second kappa shape index (κ2) is 5.83. The van der Waals surface area contributed by atoms with Crippen LogP contribution in [0.15, 0.2) is 0 Å². The summed E-state index contributed by atoms with van der Waals surface area (Å²) in [4.78, 5) is 25.6. The van der Waals surface area contributed by atoms with Gasteiger partial charge in [0.15, 0.2) is 0 Å². The fourth-order valence-corrected chi connectivity index (χ4v) is 3.36. The predicted octanol–water partition coefficient (Wildman–Crippen LogP) is 1.10. The lowest BCUT2D eigenvalue weighted by molar-refractivity contribution is -0.129. The van der Waals surface area contributed by atoms with Gasteiger partial charge in [0.25, 0.3) is 0 Å². The average Bonchev–Trinajstić information content (AvgIpc) is 2.37. The standard InChI is InChI=1S/C15H27N3O3/c1-14(2,3)21-13(20)18-6-4-15(5-7-18)8-12(19)17-10-11(15)9-16/h11H,4-10,16H2,1-3H3,(H,17,19). The molecule has 0 aliphatic carbocycles. The van der Waals surface area contributed by atoms with Gasteiger partial charge in [0, 0.05) is 26.1 Å². The summed E-state index contributed by atoms with van der Waals surface area (Å²) in [5.74, 6) is 0.404. The normalized spacial score (nSPS) is 25.6. The largest absolute Gasteiger partial charge is 0.444 e. The van der Waals surface area contributed by atoms with E-state index in [1.165, 1.54) is 0 Å². The van der Waals surface area contributed by atoms with Gasteiger partial charge in [-0.25, -0.2) is 4.79 Å². The smallest absolute Gasteiger partial charge is 0.410 e. The lowest BCUT2D eigenvalue weighted by Gasteiger charge is -2.48. The van der Waals surface area contributed by atoms with E-state index >= 15 is 0 Å². The van der Waals surface area contributed by atoms with Crippen molar-refractivity contribution in [3.8, 4) is 0 Å². The zero-order chi connectivity index (χ0) is 15.7. The van der Waals surface area contributed by atoms with Crippen molar-refractivity contribution in [3.63, 3.8) is 0 Å². The van der Waals surface area contributed by atoms with Crippen molar-refractivity contribution in [3.05, 3.63) is 0 Å². The number of nitrogens with zero attached hydrogens (tertiary/aromatic N) is 1. The van der Waals surface area contributed by atoms with Crippen LogP contribution in [0.3, 0.4) is 0 Å². The van der Waals surface area contributed by atoms with Gasteiger partial charge in [-0.05, 0) is 51.5 Å². The van der Waals surface area contributed by atoms with Crippen LogP contribution >= 0.6 is 0 Å². The van der Waals surface area contributed by atoms with E-state index in [1.807, 2.05) is 20.8 Å². The number of amides is 2. The lowest BCUT2D eigenvalue weighted by Crippen LogP contribution is -2.56. The number of nitrogens with two attached hydrogens (primary N) is 1. The Hall–Kier alpha value is -1.30.